The van der Waals surface area contributed by atoms with E-state index in [1.54, 1.807) is 17.4 Å². The highest BCUT2D eigenvalue weighted by molar-refractivity contribution is 7.15. The number of nitrogens with one attached hydrogen (secondary N) is 1. The van der Waals surface area contributed by atoms with Gasteiger partial charge in [0, 0.05) is 63.6 Å². The van der Waals surface area contributed by atoms with Crippen LogP contribution in [-0.2, 0) is 11.0 Å². The zero-order valence-corrected chi connectivity index (χ0v) is 20.0. The van der Waals surface area contributed by atoms with Crippen LogP contribution in [0.5, 0.6) is 0 Å². The predicted molar refractivity (Wildman–Crippen MR) is 132 cm³/mol. The Bertz CT molecular complexity index is 955. The number of anilines is 2. The average molecular weight is 514 g/mol. The van der Waals surface area contributed by atoms with Crippen LogP contribution in [0.1, 0.15) is 43.8 Å². The lowest BCUT2D eigenvalue weighted by Gasteiger charge is -2.35. The van der Waals surface area contributed by atoms with Crippen molar-refractivity contribution in [3.8, 4) is 0 Å². The molecule has 0 atom stereocenters. The molecule has 2 aliphatic heterocycles. The fourth-order valence-electron chi connectivity index (χ4n) is 4.37. The second-order valence-corrected chi connectivity index (χ2v) is 9.92. The van der Waals surface area contributed by atoms with Crippen molar-refractivity contribution >= 4 is 28.1 Å². The van der Waals surface area contributed by atoms with Crippen LogP contribution in [0.3, 0.4) is 0 Å². The molecule has 194 valence electrons. The van der Waals surface area contributed by atoms with E-state index in [1.807, 2.05) is 11.8 Å². The number of hydrogen-bond donors (Lipinski definition) is 1. The second-order valence-electron chi connectivity index (χ2n) is 8.76. The summed E-state index contributed by atoms with van der Waals surface area (Å²) in [7, 11) is 0. The third kappa shape index (κ3) is 7.50. The van der Waals surface area contributed by atoms with E-state index in [0.29, 0.717) is 38.0 Å². The van der Waals surface area contributed by atoms with Gasteiger partial charge in [0.25, 0.3) is 0 Å². The Morgan fingerprint density at radius 1 is 1.14 bits per heavy atom. The summed E-state index contributed by atoms with van der Waals surface area (Å²) in [5.41, 5.74) is -0.490. The molecular formula is C23H34F3N7OS. The van der Waals surface area contributed by atoms with Gasteiger partial charge < -0.3 is 15.1 Å². The molecule has 1 amide bonds. The van der Waals surface area contributed by atoms with Crippen molar-refractivity contribution < 1.29 is 18.0 Å². The smallest absolute Gasteiger partial charge is 0.382 e. The molecule has 2 saturated heterocycles. The van der Waals surface area contributed by atoms with Gasteiger partial charge in [-0.1, -0.05) is 18.8 Å². The zero-order chi connectivity index (χ0) is 24.1. The van der Waals surface area contributed by atoms with Crippen LogP contribution in [0.4, 0.5) is 24.0 Å². The van der Waals surface area contributed by atoms with Crippen molar-refractivity contribution in [2.75, 3.05) is 56.0 Å². The Balaban J connectivity index is 0.00000342. The van der Waals surface area contributed by atoms with E-state index in [9.17, 15) is 18.0 Å². The minimum atomic E-state index is -4.46. The minimum Gasteiger partial charge on any atom is -0.382 e. The highest BCUT2D eigenvalue weighted by atomic mass is 32.1. The number of amides is 1. The summed E-state index contributed by atoms with van der Waals surface area (Å²) >= 11 is 1.62. The summed E-state index contributed by atoms with van der Waals surface area (Å²) in [5, 5.41) is 13.4. The first kappa shape index (κ1) is 27.1. The third-order valence-electron chi connectivity index (χ3n) is 6.29. The van der Waals surface area contributed by atoms with Crippen LogP contribution in [0.2, 0.25) is 0 Å². The number of rotatable bonds is 7. The standard InChI is InChI=1S/C22H30F3N7OS.CH4/c1-16-28-29-21(34-16)32-13-11-30(12-14-32)8-2-3-20(33)31-9-5-17(6-10-31)27-18-4-7-26-19(15-18)22(23,24)25;/h4,7,15,17H,2-3,5-6,8-14H2,1H3,(H,26,27);1H4. The van der Waals surface area contributed by atoms with Crippen molar-refractivity contribution in [1.82, 2.24) is 25.0 Å². The van der Waals surface area contributed by atoms with E-state index >= 15 is 0 Å². The van der Waals surface area contributed by atoms with Gasteiger partial charge in [0.05, 0.1) is 0 Å². The Labute approximate surface area is 208 Å². The highest BCUT2D eigenvalue weighted by Gasteiger charge is 2.32. The van der Waals surface area contributed by atoms with E-state index in [4.69, 9.17) is 0 Å². The van der Waals surface area contributed by atoms with Gasteiger partial charge in [0.1, 0.15) is 10.7 Å². The molecule has 4 heterocycles. The number of piperidine rings is 1. The second kappa shape index (κ2) is 12.0. The van der Waals surface area contributed by atoms with Gasteiger partial charge in [-0.15, -0.1) is 10.2 Å². The molecule has 8 nitrogen and oxygen atoms in total. The molecule has 12 heteroatoms. The Morgan fingerprint density at radius 2 is 1.86 bits per heavy atom. The number of piperazine rings is 1. The number of alkyl halides is 3. The fraction of sp³-hybridized carbons (Fsp3) is 0.652. The summed E-state index contributed by atoms with van der Waals surface area (Å²) in [6.45, 7) is 7.85. The summed E-state index contributed by atoms with van der Waals surface area (Å²) in [6, 6.07) is 2.62. The molecular weight excluding hydrogens is 479 g/mol. The zero-order valence-electron chi connectivity index (χ0n) is 19.2. The van der Waals surface area contributed by atoms with Gasteiger partial charge in [-0.05, 0) is 44.9 Å². The van der Waals surface area contributed by atoms with Crippen LogP contribution < -0.4 is 10.2 Å². The van der Waals surface area contributed by atoms with Gasteiger partial charge in [0.15, 0.2) is 0 Å². The SMILES string of the molecule is C.Cc1nnc(N2CCN(CCCC(=O)N3CCC(Nc4ccnc(C(F)(F)F)c4)CC3)CC2)s1. The van der Waals surface area contributed by atoms with Crippen LogP contribution in [0, 0.1) is 6.92 Å². The largest absolute Gasteiger partial charge is 0.433 e. The number of carbonyl (C=O) groups is 1. The molecule has 0 bridgehead atoms. The normalized spacial score (nSPS) is 17.8. The van der Waals surface area contributed by atoms with Gasteiger partial charge in [-0.3, -0.25) is 14.7 Å². The number of nitrogens with zero attached hydrogens (tertiary/aromatic N) is 6. The van der Waals surface area contributed by atoms with Crippen LogP contribution in [0.15, 0.2) is 18.3 Å². The first-order chi connectivity index (χ1) is 16.3. The molecule has 0 radical (unpaired) electrons. The van der Waals surface area contributed by atoms with Crippen LogP contribution in [-0.4, -0.2) is 82.7 Å². The Morgan fingerprint density at radius 3 is 2.49 bits per heavy atom. The fourth-order valence-corrected chi connectivity index (χ4v) is 5.11. The highest BCUT2D eigenvalue weighted by Crippen LogP contribution is 2.29. The first-order valence-electron chi connectivity index (χ1n) is 11.6. The van der Waals surface area contributed by atoms with Gasteiger partial charge in [-0.25, -0.2) is 0 Å². The molecule has 4 rings (SSSR count). The molecule has 35 heavy (non-hydrogen) atoms. The van der Waals surface area contributed by atoms with Crippen LogP contribution in [0.25, 0.3) is 0 Å². The van der Waals surface area contributed by atoms with Gasteiger partial charge in [-0.2, -0.15) is 13.2 Å². The molecule has 0 spiro atoms. The van der Waals surface area contributed by atoms with E-state index in [-0.39, 0.29) is 19.4 Å². The van der Waals surface area contributed by atoms with Gasteiger partial charge in [0.2, 0.25) is 11.0 Å². The number of likely N-dealkylation sites (tertiary alicyclic amines) is 1. The summed E-state index contributed by atoms with van der Waals surface area (Å²) < 4.78 is 38.6. The summed E-state index contributed by atoms with van der Waals surface area (Å²) in [4.78, 5) is 22.5. The van der Waals surface area contributed by atoms with E-state index in [1.165, 1.54) is 6.20 Å². The maximum absolute atomic E-state index is 12.9. The predicted octanol–water partition coefficient (Wildman–Crippen LogP) is 3.90. The summed E-state index contributed by atoms with van der Waals surface area (Å²) in [5.74, 6) is 0.157. The topological polar surface area (TPSA) is 77.5 Å². The van der Waals surface area contributed by atoms with Crippen molar-refractivity contribution in [2.24, 2.45) is 0 Å². The number of hydrogen-bond acceptors (Lipinski definition) is 8. The van der Waals surface area contributed by atoms with Crippen molar-refractivity contribution in [3.05, 3.63) is 29.0 Å². The maximum atomic E-state index is 12.9. The van der Waals surface area contributed by atoms with E-state index < -0.39 is 11.9 Å². The summed E-state index contributed by atoms with van der Waals surface area (Å²) in [6.07, 6.45) is -0.524. The number of pyridine rings is 1. The number of aromatic nitrogens is 3. The molecule has 0 aliphatic carbocycles. The van der Waals surface area contributed by atoms with E-state index in [2.05, 4.69) is 30.3 Å². The van der Waals surface area contributed by atoms with Crippen molar-refractivity contribution in [2.45, 2.75) is 52.3 Å². The molecule has 0 unspecified atom stereocenters. The third-order valence-corrected chi connectivity index (χ3v) is 7.19. The quantitative estimate of drug-likeness (QED) is 0.602. The Kier molecular flexibility index (Phi) is 9.28. The number of halogens is 3. The molecule has 2 aromatic heterocycles. The molecule has 2 aliphatic rings. The van der Waals surface area contributed by atoms with Crippen molar-refractivity contribution in [3.63, 3.8) is 0 Å². The lowest BCUT2D eigenvalue weighted by Crippen LogP contribution is -2.47. The molecule has 2 fully saturated rings. The number of carbonyl (C=O) groups excluding carboxylic acids is 1. The minimum absolute atomic E-state index is 0. The van der Waals surface area contributed by atoms with Crippen LogP contribution >= 0.6 is 11.3 Å². The molecule has 0 saturated carbocycles. The molecule has 1 N–H and O–H groups in total. The monoisotopic (exact) mass is 513 g/mol. The first-order valence-corrected chi connectivity index (χ1v) is 12.4. The van der Waals surface area contributed by atoms with Crippen molar-refractivity contribution in [1.29, 1.82) is 0 Å². The average Bonchev–Trinajstić information content (AvgIpc) is 3.26. The molecule has 2 aromatic rings. The molecule has 0 aromatic carbocycles. The number of aryl methyl sites for hydroxylation is 1. The van der Waals surface area contributed by atoms with E-state index in [0.717, 1.165) is 55.4 Å². The lowest BCUT2D eigenvalue weighted by molar-refractivity contribution is -0.141. The lowest BCUT2D eigenvalue weighted by atomic mass is 10.0. The van der Waals surface area contributed by atoms with Gasteiger partial charge >= 0.3 is 6.18 Å². The Hall–Kier alpha value is -2.47. The maximum Gasteiger partial charge on any atom is 0.433 e.